The lowest BCUT2D eigenvalue weighted by Gasteiger charge is -2.09. The third-order valence-electron chi connectivity index (χ3n) is 4.41. The molecule has 152 valence electrons. The molecular weight excluding hydrogens is 418 g/mol. The Kier molecular flexibility index (Phi) is 5.27. The molecule has 0 aliphatic heterocycles. The SMILES string of the molecule is CC(=O)Nc1ccc(S(=O)(=O)Nc2ccc(-c3nc4ccc(C)cc4s3)cc2)cc1. The highest BCUT2D eigenvalue weighted by molar-refractivity contribution is 7.92. The highest BCUT2D eigenvalue weighted by Crippen LogP contribution is 2.31. The number of amides is 1. The van der Waals surface area contributed by atoms with Crippen LogP contribution in [0, 0.1) is 6.92 Å². The number of rotatable bonds is 5. The van der Waals surface area contributed by atoms with Crippen LogP contribution in [0.2, 0.25) is 0 Å². The van der Waals surface area contributed by atoms with E-state index in [0.29, 0.717) is 11.4 Å². The second kappa shape index (κ2) is 7.89. The van der Waals surface area contributed by atoms with Crippen molar-refractivity contribution in [3.8, 4) is 10.6 Å². The Balaban J connectivity index is 1.52. The van der Waals surface area contributed by atoms with E-state index in [1.807, 2.05) is 31.2 Å². The van der Waals surface area contributed by atoms with Crippen LogP contribution in [0.5, 0.6) is 0 Å². The molecule has 1 aromatic heterocycles. The summed E-state index contributed by atoms with van der Waals surface area (Å²) in [6, 6.07) is 19.3. The second-order valence-electron chi connectivity index (χ2n) is 6.88. The van der Waals surface area contributed by atoms with Gasteiger partial charge in [-0.1, -0.05) is 6.07 Å². The van der Waals surface area contributed by atoms with Crippen molar-refractivity contribution in [2.45, 2.75) is 18.7 Å². The Hall–Kier alpha value is -3.23. The van der Waals surface area contributed by atoms with Gasteiger partial charge in [-0.25, -0.2) is 13.4 Å². The average Bonchev–Trinajstić information content (AvgIpc) is 3.11. The molecule has 3 aromatic carbocycles. The highest BCUT2D eigenvalue weighted by atomic mass is 32.2. The lowest BCUT2D eigenvalue weighted by molar-refractivity contribution is -0.114. The topological polar surface area (TPSA) is 88.2 Å². The van der Waals surface area contributed by atoms with Crippen LogP contribution in [0.1, 0.15) is 12.5 Å². The van der Waals surface area contributed by atoms with Gasteiger partial charge in [0.05, 0.1) is 15.1 Å². The van der Waals surface area contributed by atoms with E-state index in [9.17, 15) is 13.2 Å². The summed E-state index contributed by atoms with van der Waals surface area (Å²) in [7, 11) is -3.74. The monoisotopic (exact) mass is 437 g/mol. The standard InChI is InChI=1S/C22H19N3O3S2/c1-14-3-12-20-21(13-14)29-22(24-20)16-4-6-18(7-5-16)25-30(27,28)19-10-8-17(9-11-19)23-15(2)26/h3-13,25H,1-2H3,(H,23,26). The van der Waals surface area contributed by atoms with E-state index in [4.69, 9.17) is 0 Å². The van der Waals surface area contributed by atoms with Crippen molar-refractivity contribution in [1.29, 1.82) is 0 Å². The maximum atomic E-state index is 12.6. The molecule has 0 atom stereocenters. The number of aromatic nitrogens is 1. The largest absolute Gasteiger partial charge is 0.326 e. The number of nitrogens with zero attached hydrogens (tertiary/aromatic N) is 1. The van der Waals surface area contributed by atoms with Crippen molar-refractivity contribution in [3.05, 3.63) is 72.3 Å². The number of thiazole rings is 1. The van der Waals surface area contributed by atoms with Crippen LogP contribution >= 0.6 is 11.3 Å². The van der Waals surface area contributed by atoms with Crippen LogP contribution in [-0.2, 0) is 14.8 Å². The number of fused-ring (bicyclic) bond motifs is 1. The molecule has 1 amide bonds. The normalized spacial score (nSPS) is 11.4. The number of benzene rings is 3. The molecule has 4 rings (SSSR count). The van der Waals surface area contributed by atoms with Gasteiger partial charge in [0.15, 0.2) is 0 Å². The first kappa shape index (κ1) is 20.1. The molecule has 0 saturated carbocycles. The predicted octanol–water partition coefficient (Wildman–Crippen LogP) is 5.03. The van der Waals surface area contributed by atoms with E-state index in [2.05, 4.69) is 21.1 Å². The minimum absolute atomic E-state index is 0.113. The molecule has 4 aromatic rings. The summed E-state index contributed by atoms with van der Waals surface area (Å²) in [6.07, 6.45) is 0. The molecule has 0 unspecified atom stereocenters. The van der Waals surface area contributed by atoms with Gasteiger partial charge in [0.1, 0.15) is 5.01 Å². The molecule has 1 heterocycles. The Morgan fingerprint density at radius 2 is 1.60 bits per heavy atom. The molecule has 0 radical (unpaired) electrons. The van der Waals surface area contributed by atoms with Crippen LogP contribution in [0.3, 0.4) is 0 Å². The summed E-state index contributed by atoms with van der Waals surface area (Å²) < 4.78 is 29.0. The summed E-state index contributed by atoms with van der Waals surface area (Å²) in [6.45, 7) is 3.44. The molecule has 30 heavy (non-hydrogen) atoms. The summed E-state index contributed by atoms with van der Waals surface area (Å²) in [5.41, 5.74) is 4.07. The van der Waals surface area contributed by atoms with Gasteiger partial charge in [0.2, 0.25) is 5.91 Å². The molecule has 0 fully saturated rings. The molecule has 2 N–H and O–H groups in total. The third-order valence-corrected chi connectivity index (χ3v) is 6.88. The number of hydrogen-bond acceptors (Lipinski definition) is 5. The van der Waals surface area contributed by atoms with Gasteiger partial charge in [-0.05, 0) is 73.2 Å². The molecule has 0 aliphatic carbocycles. The zero-order valence-corrected chi connectivity index (χ0v) is 18.0. The molecule has 0 saturated heterocycles. The van der Waals surface area contributed by atoms with E-state index < -0.39 is 10.0 Å². The predicted molar refractivity (Wildman–Crippen MR) is 121 cm³/mol. The molecule has 0 spiro atoms. The van der Waals surface area contributed by atoms with E-state index in [1.54, 1.807) is 35.6 Å². The number of anilines is 2. The minimum atomic E-state index is -3.74. The van der Waals surface area contributed by atoms with Gasteiger partial charge >= 0.3 is 0 Å². The Bertz CT molecular complexity index is 1330. The lowest BCUT2D eigenvalue weighted by Crippen LogP contribution is -2.13. The first-order chi connectivity index (χ1) is 14.3. The zero-order valence-electron chi connectivity index (χ0n) is 16.3. The Labute approximate surface area is 178 Å². The molecule has 0 bridgehead atoms. The fraction of sp³-hybridized carbons (Fsp3) is 0.0909. The van der Waals surface area contributed by atoms with Crippen molar-refractivity contribution < 1.29 is 13.2 Å². The van der Waals surface area contributed by atoms with Crippen LogP contribution < -0.4 is 10.0 Å². The van der Waals surface area contributed by atoms with Crippen LogP contribution in [0.4, 0.5) is 11.4 Å². The zero-order chi connectivity index (χ0) is 21.3. The van der Waals surface area contributed by atoms with Crippen molar-refractivity contribution in [3.63, 3.8) is 0 Å². The number of hydrogen-bond donors (Lipinski definition) is 2. The highest BCUT2D eigenvalue weighted by Gasteiger charge is 2.15. The average molecular weight is 438 g/mol. The van der Waals surface area contributed by atoms with Crippen LogP contribution in [0.25, 0.3) is 20.8 Å². The maximum Gasteiger partial charge on any atom is 0.261 e. The summed E-state index contributed by atoms with van der Waals surface area (Å²) in [5.74, 6) is -0.216. The molecule has 8 heteroatoms. The van der Waals surface area contributed by atoms with Crippen molar-refractivity contribution in [2.75, 3.05) is 10.0 Å². The van der Waals surface area contributed by atoms with E-state index in [1.165, 1.54) is 24.6 Å². The number of carbonyl (C=O) groups is 1. The van der Waals surface area contributed by atoms with Crippen LogP contribution in [0.15, 0.2) is 71.6 Å². The Morgan fingerprint density at radius 1 is 0.933 bits per heavy atom. The number of carbonyl (C=O) groups excluding carboxylic acids is 1. The Morgan fingerprint density at radius 3 is 2.27 bits per heavy atom. The van der Waals surface area contributed by atoms with Gasteiger partial charge < -0.3 is 5.32 Å². The van der Waals surface area contributed by atoms with Crippen LogP contribution in [-0.4, -0.2) is 19.3 Å². The maximum absolute atomic E-state index is 12.6. The summed E-state index contributed by atoms with van der Waals surface area (Å²) in [4.78, 5) is 15.9. The van der Waals surface area contributed by atoms with E-state index >= 15 is 0 Å². The molecule has 0 aliphatic rings. The van der Waals surface area contributed by atoms with Crippen molar-refractivity contribution >= 4 is 48.9 Å². The fourth-order valence-corrected chi connectivity index (χ4v) is 5.10. The third kappa shape index (κ3) is 4.34. The molecular formula is C22H19N3O3S2. The molecule has 6 nitrogen and oxygen atoms in total. The van der Waals surface area contributed by atoms with E-state index in [-0.39, 0.29) is 10.8 Å². The summed E-state index contributed by atoms with van der Waals surface area (Å²) in [5, 5.41) is 3.50. The summed E-state index contributed by atoms with van der Waals surface area (Å²) >= 11 is 1.61. The van der Waals surface area contributed by atoms with Gasteiger partial charge in [0.25, 0.3) is 10.0 Å². The smallest absolute Gasteiger partial charge is 0.261 e. The second-order valence-corrected chi connectivity index (χ2v) is 9.59. The van der Waals surface area contributed by atoms with Gasteiger partial charge in [0, 0.05) is 23.9 Å². The number of nitrogens with one attached hydrogen (secondary N) is 2. The minimum Gasteiger partial charge on any atom is -0.326 e. The van der Waals surface area contributed by atoms with Gasteiger partial charge in [-0.15, -0.1) is 11.3 Å². The first-order valence-corrected chi connectivity index (χ1v) is 11.5. The quantitative estimate of drug-likeness (QED) is 0.458. The van der Waals surface area contributed by atoms with Crippen molar-refractivity contribution in [1.82, 2.24) is 4.98 Å². The first-order valence-electron chi connectivity index (χ1n) is 9.18. The van der Waals surface area contributed by atoms with Gasteiger partial charge in [-0.2, -0.15) is 0 Å². The number of aryl methyl sites for hydroxylation is 1. The van der Waals surface area contributed by atoms with Gasteiger partial charge in [-0.3, -0.25) is 9.52 Å². The van der Waals surface area contributed by atoms with E-state index in [0.717, 1.165) is 20.8 Å². The van der Waals surface area contributed by atoms with Crippen molar-refractivity contribution in [2.24, 2.45) is 0 Å². The fourth-order valence-electron chi connectivity index (χ4n) is 2.97. The lowest BCUT2D eigenvalue weighted by atomic mass is 10.2. The number of sulfonamides is 1.